The second-order valence-corrected chi connectivity index (χ2v) is 6.54. The van der Waals surface area contributed by atoms with Crippen molar-refractivity contribution in [2.45, 2.75) is 24.8 Å². The van der Waals surface area contributed by atoms with Crippen molar-refractivity contribution in [2.75, 3.05) is 23.0 Å². The van der Waals surface area contributed by atoms with E-state index in [1.54, 1.807) is 18.2 Å². The van der Waals surface area contributed by atoms with E-state index >= 15 is 0 Å². The van der Waals surface area contributed by atoms with E-state index in [-0.39, 0.29) is 18.4 Å². The first-order chi connectivity index (χ1) is 13.1. The van der Waals surface area contributed by atoms with Crippen molar-refractivity contribution >= 4 is 23.4 Å². The van der Waals surface area contributed by atoms with Crippen LogP contribution in [0.4, 0.5) is 27.8 Å². The van der Waals surface area contributed by atoms with Crippen molar-refractivity contribution in [1.29, 1.82) is 0 Å². The molecule has 1 aliphatic rings. The van der Waals surface area contributed by atoms with Crippen LogP contribution in [0.3, 0.4) is 0 Å². The summed E-state index contributed by atoms with van der Waals surface area (Å²) in [7, 11) is 0. The number of aliphatic hydroxyl groups is 1. The molecule has 0 aliphatic heterocycles. The number of halogens is 1. The summed E-state index contributed by atoms with van der Waals surface area (Å²) in [6, 6.07) is 9.07. The fourth-order valence-corrected chi connectivity index (χ4v) is 2.85. The number of nitrogens with one attached hydrogen (secondary N) is 3. The van der Waals surface area contributed by atoms with E-state index in [0.717, 1.165) is 11.3 Å². The largest absolute Gasteiger partial charge is 0.394 e. The van der Waals surface area contributed by atoms with Crippen LogP contribution >= 0.6 is 0 Å². The first-order valence-electron chi connectivity index (χ1n) is 8.70. The average molecular weight is 369 g/mol. The van der Waals surface area contributed by atoms with Crippen LogP contribution in [-0.4, -0.2) is 31.9 Å². The van der Waals surface area contributed by atoms with E-state index < -0.39 is 6.04 Å². The van der Waals surface area contributed by atoms with E-state index in [0.29, 0.717) is 23.4 Å². The summed E-state index contributed by atoms with van der Waals surface area (Å²) in [5.41, 5.74) is 7.64. The monoisotopic (exact) mass is 369 g/mol. The minimum absolute atomic E-state index is 0.0799. The number of aliphatic hydroxyl groups excluding tert-OH is 1. The molecule has 1 aromatic carbocycles. The van der Waals surface area contributed by atoms with Gasteiger partial charge in [-0.05, 0) is 30.5 Å². The van der Waals surface area contributed by atoms with Gasteiger partial charge in [-0.25, -0.2) is 4.39 Å². The lowest BCUT2D eigenvalue weighted by molar-refractivity contribution is 0.276. The van der Waals surface area contributed by atoms with Crippen LogP contribution in [-0.2, 0) is 0 Å². The zero-order valence-electron chi connectivity index (χ0n) is 14.5. The summed E-state index contributed by atoms with van der Waals surface area (Å²) in [5.74, 6) is 1.88. The van der Waals surface area contributed by atoms with E-state index in [4.69, 9.17) is 5.73 Å². The van der Waals surface area contributed by atoms with Crippen molar-refractivity contribution in [3.63, 3.8) is 0 Å². The first kappa shape index (κ1) is 17.2. The molecule has 4 rings (SSSR count). The van der Waals surface area contributed by atoms with Gasteiger partial charge < -0.3 is 21.5 Å². The molecule has 0 amide bonds. The van der Waals surface area contributed by atoms with Crippen LogP contribution in [0.15, 0.2) is 36.4 Å². The highest BCUT2D eigenvalue weighted by Gasteiger charge is 2.25. The molecule has 0 radical (unpaired) electrons. The lowest BCUT2D eigenvalue weighted by atomic mass is 10.1. The number of anilines is 4. The van der Waals surface area contributed by atoms with Gasteiger partial charge >= 0.3 is 0 Å². The Morgan fingerprint density at radius 3 is 2.59 bits per heavy atom. The van der Waals surface area contributed by atoms with Crippen LogP contribution in [0.5, 0.6) is 0 Å². The maximum Gasteiger partial charge on any atom is 0.223 e. The summed E-state index contributed by atoms with van der Waals surface area (Å²) >= 11 is 0. The number of hydrogen-bond acceptors (Lipinski definition) is 7. The Labute approximate surface area is 155 Å². The van der Waals surface area contributed by atoms with E-state index in [1.807, 2.05) is 6.07 Å². The van der Waals surface area contributed by atoms with Crippen LogP contribution in [0, 0.1) is 5.82 Å². The summed E-state index contributed by atoms with van der Waals surface area (Å²) in [6.45, 7) is -0.192. The molecule has 0 saturated heterocycles. The van der Waals surface area contributed by atoms with Gasteiger partial charge in [0.05, 0.1) is 12.6 Å². The van der Waals surface area contributed by atoms with Crippen LogP contribution in [0.25, 0.3) is 0 Å². The maximum atomic E-state index is 13.1. The maximum absolute atomic E-state index is 13.1. The van der Waals surface area contributed by atoms with Crippen LogP contribution in [0.2, 0.25) is 0 Å². The zero-order chi connectivity index (χ0) is 18.8. The van der Waals surface area contributed by atoms with Gasteiger partial charge in [-0.1, -0.05) is 12.1 Å². The van der Waals surface area contributed by atoms with Crippen LogP contribution in [0.1, 0.15) is 36.1 Å². The number of benzene rings is 1. The molecular weight excluding hydrogens is 349 g/mol. The summed E-state index contributed by atoms with van der Waals surface area (Å²) in [6.07, 6.45) is 2.37. The van der Waals surface area contributed by atoms with Crippen molar-refractivity contribution in [3.8, 4) is 0 Å². The minimum atomic E-state index is -0.459. The van der Waals surface area contributed by atoms with Gasteiger partial charge in [0, 0.05) is 23.7 Å². The third kappa shape index (κ3) is 4.14. The molecule has 1 fully saturated rings. The Balaban J connectivity index is 1.51. The number of hydrogen-bond donors (Lipinski definition) is 5. The molecule has 8 nitrogen and oxygen atoms in total. The van der Waals surface area contributed by atoms with Gasteiger partial charge in [-0.3, -0.25) is 5.10 Å². The third-order valence-electron chi connectivity index (χ3n) is 4.39. The number of aromatic amines is 1. The van der Waals surface area contributed by atoms with Crippen molar-refractivity contribution < 1.29 is 9.50 Å². The summed E-state index contributed by atoms with van der Waals surface area (Å²) < 4.78 is 13.1. The topological polar surface area (TPSA) is 125 Å². The standard InChI is InChI=1S/C18H20FN7O/c19-12-5-3-11(4-6-12)14(9-27)21-15-8-16(24-18(20)23-15)22-17-7-13(25-26-17)10-1-2-10/h3-8,10,14,27H,1-2,9H2,(H5,20,21,22,23,24,25,26). The van der Waals surface area contributed by atoms with Gasteiger partial charge in [0.1, 0.15) is 17.5 Å². The summed E-state index contributed by atoms with van der Waals surface area (Å²) in [4.78, 5) is 8.32. The van der Waals surface area contributed by atoms with E-state index in [2.05, 4.69) is 30.8 Å². The molecule has 27 heavy (non-hydrogen) atoms. The zero-order valence-corrected chi connectivity index (χ0v) is 14.5. The number of nitrogens with two attached hydrogens (primary N) is 1. The smallest absolute Gasteiger partial charge is 0.223 e. The highest BCUT2D eigenvalue weighted by Crippen LogP contribution is 2.39. The fourth-order valence-electron chi connectivity index (χ4n) is 2.85. The normalized spacial score (nSPS) is 14.7. The van der Waals surface area contributed by atoms with Gasteiger partial charge in [0.25, 0.3) is 0 Å². The number of aromatic nitrogens is 4. The van der Waals surface area contributed by atoms with Gasteiger partial charge in [-0.2, -0.15) is 15.1 Å². The van der Waals surface area contributed by atoms with Crippen LogP contribution < -0.4 is 16.4 Å². The second kappa shape index (κ2) is 7.20. The lowest BCUT2D eigenvalue weighted by Gasteiger charge is -2.18. The first-order valence-corrected chi connectivity index (χ1v) is 8.70. The number of rotatable bonds is 7. The fraction of sp³-hybridized carbons (Fsp3) is 0.278. The molecule has 2 heterocycles. The molecule has 0 bridgehead atoms. The Morgan fingerprint density at radius 2 is 1.89 bits per heavy atom. The van der Waals surface area contributed by atoms with Gasteiger partial charge in [-0.15, -0.1) is 0 Å². The number of nitrogens with zero attached hydrogens (tertiary/aromatic N) is 3. The number of nitrogen functional groups attached to an aromatic ring is 1. The molecule has 6 N–H and O–H groups in total. The highest BCUT2D eigenvalue weighted by atomic mass is 19.1. The Morgan fingerprint density at radius 1 is 1.15 bits per heavy atom. The minimum Gasteiger partial charge on any atom is -0.394 e. The molecule has 140 valence electrons. The SMILES string of the molecule is Nc1nc(Nc2cc(C3CC3)[nH]n2)cc(NC(CO)c2ccc(F)cc2)n1. The summed E-state index contributed by atoms with van der Waals surface area (Å²) in [5, 5.41) is 23.1. The lowest BCUT2D eigenvalue weighted by Crippen LogP contribution is -2.16. The second-order valence-electron chi connectivity index (χ2n) is 6.54. The Bertz CT molecular complexity index is 924. The molecule has 0 spiro atoms. The molecule has 1 unspecified atom stereocenters. The molecule has 3 aromatic rings. The third-order valence-corrected chi connectivity index (χ3v) is 4.39. The van der Waals surface area contributed by atoms with E-state index in [1.165, 1.54) is 25.0 Å². The number of H-pyrrole nitrogens is 1. The molecular formula is C18H20FN7O. The molecule has 1 atom stereocenters. The average Bonchev–Trinajstić information content (AvgIpc) is 3.40. The predicted octanol–water partition coefficient (Wildman–Crippen LogP) is 2.69. The van der Waals surface area contributed by atoms with E-state index in [9.17, 15) is 9.50 Å². The predicted molar refractivity (Wildman–Crippen MR) is 100 cm³/mol. The molecule has 1 aliphatic carbocycles. The van der Waals surface area contributed by atoms with Crippen molar-refractivity contribution in [1.82, 2.24) is 20.2 Å². The quantitative estimate of drug-likeness (QED) is 0.433. The highest BCUT2D eigenvalue weighted by molar-refractivity contribution is 5.59. The van der Waals surface area contributed by atoms with Gasteiger partial charge in [0.15, 0.2) is 5.82 Å². The van der Waals surface area contributed by atoms with Crippen molar-refractivity contribution in [2.24, 2.45) is 0 Å². The van der Waals surface area contributed by atoms with Crippen molar-refractivity contribution in [3.05, 3.63) is 53.5 Å². The Kier molecular flexibility index (Phi) is 4.59. The Hall–Kier alpha value is -3.20. The molecule has 9 heteroatoms. The molecule has 2 aromatic heterocycles. The molecule has 1 saturated carbocycles. The van der Waals surface area contributed by atoms with Gasteiger partial charge in [0.2, 0.25) is 5.95 Å².